The fourth-order valence-electron chi connectivity index (χ4n) is 1.96. The van der Waals surface area contributed by atoms with E-state index in [9.17, 15) is 18.0 Å². The molecule has 3 nitrogen and oxygen atoms in total. The summed E-state index contributed by atoms with van der Waals surface area (Å²) in [4.78, 5) is 11.4. The van der Waals surface area contributed by atoms with E-state index < -0.39 is 11.7 Å². The van der Waals surface area contributed by atoms with Crippen molar-refractivity contribution in [2.45, 2.75) is 19.7 Å². The Morgan fingerprint density at radius 1 is 1.22 bits per heavy atom. The average Bonchev–Trinajstić information content (AvgIpc) is 2.44. The van der Waals surface area contributed by atoms with Gasteiger partial charge in [0.15, 0.2) is 5.78 Å². The van der Waals surface area contributed by atoms with Gasteiger partial charge >= 0.3 is 6.18 Å². The van der Waals surface area contributed by atoms with E-state index in [1.807, 2.05) is 0 Å². The summed E-state index contributed by atoms with van der Waals surface area (Å²) in [7, 11) is 0. The molecule has 0 aliphatic heterocycles. The molecule has 2 rings (SSSR count). The van der Waals surface area contributed by atoms with Crippen molar-refractivity contribution < 1.29 is 22.7 Å². The molecule has 0 saturated carbocycles. The Bertz CT molecular complexity index is 745. The van der Waals surface area contributed by atoms with Crippen LogP contribution in [0, 0.1) is 0 Å². The van der Waals surface area contributed by atoms with E-state index in [-0.39, 0.29) is 23.2 Å². The van der Waals surface area contributed by atoms with Gasteiger partial charge in [-0.2, -0.15) is 13.2 Å². The van der Waals surface area contributed by atoms with Gasteiger partial charge in [-0.05, 0) is 48.9 Å². The van der Waals surface area contributed by atoms with Crippen molar-refractivity contribution in [1.29, 1.82) is 0 Å². The zero-order valence-corrected chi connectivity index (χ0v) is 12.8. The zero-order chi connectivity index (χ0) is 17.2. The second-order valence-electron chi connectivity index (χ2n) is 4.95. The van der Waals surface area contributed by atoms with Crippen LogP contribution < -0.4 is 10.5 Å². The van der Waals surface area contributed by atoms with Crippen LogP contribution in [0.3, 0.4) is 0 Å². The van der Waals surface area contributed by atoms with Crippen molar-refractivity contribution in [3.8, 4) is 5.75 Å². The molecule has 0 aliphatic carbocycles. The molecule has 7 heteroatoms. The summed E-state index contributed by atoms with van der Waals surface area (Å²) in [6.07, 6.45) is -4.47. The third-order valence-corrected chi connectivity index (χ3v) is 3.37. The highest BCUT2D eigenvalue weighted by Crippen LogP contribution is 2.35. The first-order chi connectivity index (χ1) is 10.7. The average molecular weight is 344 g/mol. The number of ether oxygens (including phenoxy) is 1. The Labute approximate surface area is 135 Å². The number of anilines is 1. The second kappa shape index (κ2) is 6.50. The number of hydrogen-bond donors (Lipinski definition) is 1. The van der Waals surface area contributed by atoms with E-state index in [1.54, 1.807) is 12.1 Å². The van der Waals surface area contributed by atoms with Gasteiger partial charge in [0.25, 0.3) is 0 Å². The van der Waals surface area contributed by atoms with Gasteiger partial charge in [0, 0.05) is 11.3 Å². The number of ketones is 1. The van der Waals surface area contributed by atoms with Gasteiger partial charge < -0.3 is 10.5 Å². The number of carbonyl (C=O) groups is 1. The quantitative estimate of drug-likeness (QED) is 0.645. The predicted octanol–water partition coefficient (Wildman–Crippen LogP) is 4.72. The molecule has 0 unspecified atom stereocenters. The van der Waals surface area contributed by atoms with Crippen LogP contribution in [0.25, 0.3) is 0 Å². The number of nitrogens with two attached hydrogens (primary N) is 1. The van der Waals surface area contributed by atoms with Gasteiger partial charge in [-0.15, -0.1) is 0 Å². The van der Waals surface area contributed by atoms with Gasteiger partial charge in [0.1, 0.15) is 12.4 Å². The van der Waals surface area contributed by atoms with E-state index >= 15 is 0 Å². The SMILES string of the molecule is CC(=O)c1cc(N)cc(COc2ccc(C(F)(F)F)cc2Cl)c1. The number of hydrogen-bond acceptors (Lipinski definition) is 3. The molecule has 0 heterocycles. The van der Waals surface area contributed by atoms with E-state index in [0.29, 0.717) is 16.8 Å². The Hall–Kier alpha value is -2.21. The number of nitrogen functional groups attached to an aromatic ring is 1. The van der Waals surface area contributed by atoms with Crippen LogP contribution in [0.4, 0.5) is 18.9 Å². The van der Waals surface area contributed by atoms with Crippen molar-refractivity contribution in [1.82, 2.24) is 0 Å². The lowest BCUT2D eigenvalue weighted by Crippen LogP contribution is -2.05. The third-order valence-electron chi connectivity index (χ3n) is 3.08. The summed E-state index contributed by atoms with van der Waals surface area (Å²) in [6.45, 7) is 1.43. The van der Waals surface area contributed by atoms with E-state index in [1.165, 1.54) is 13.0 Å². The number of alkyl halides is 3. The van der Waals surface area contributed by atoms with E-state index in [0.717, 1.165) is 18.2 Å². The van der Waals surface area contributed by atoms with Crippen LogP contribution in [-0.4, -0.2) is 5.78 Å². The Kier molecular flexibility index (Phi) is 4.85. The molecule has 23 heavy (non-hydrogen) atoms. The molecule has 0 amide bonds. The molecule has 122 valence electrons. The Morgan fingerprint density at radius 2 is 1.91 bits per heavy atom. The minimum Gasteiger partial charge on any atom is -0.487 e. The molecule has 0 bridgehead atoms. The number of Topliss-reactive ketones (excluding diaryl/α,β-unsaturated/α-hetero) is 1. The van der Waals surface area contributed by atoms with Crippen LogP contribution in [0.1, 0.15) is 28.4 Å². The maximum Gasteiger partial charge on any atom is 0.416 e. The van der Waals surface area contributed by atoms with Crippen molar-refractivity contribution in [2.24, 2.45) is 0 Å². The van der Waals surface area contributed by atoms with Gasteiger partial charge in [-0.3, -0.25) is 4.79 Å². The first kappa shape index (κ1) is 17.1. The fraction of sp³-hybridized carbons (Fsp3) is 0.188. The summed E-state index contributed by atoms with van der Waals surface area (Å²) < 4.78 is 43.1. The Balaban J connectivity index is 2.17. The predicted molar refractivity (Wildman–Crippen MR) is 81.6 cm³/mol. The minimum atomic E-state index is -4.47. The normalized spacial score (nSPS) is 11.3. The number of rotatable bonds is 4. The third kappa shape index (κ3) is 4.39. The molecule has 0 spiro atoms. The molecule has 2 aromatic carbocycles. The monoisotopic (exact) mass is 343 g/mol. The van der Waals surface area contributed by atoms with Crippen molar-refractivity contribution in [3.05, 3.63) is 58.1 Å². The van der Waals surface area contributed by atoms with Crippen LogP contribution in [-0.2, 0) is 12.8 Å². The summed E-state index contributed by atoms with van der Waals surface area (Å²) >= 11 is 5.81. The number of halogens is 4. The molecule has 0 atom stereocenters. The zero-order valence-electron chi connectivity index (χ0n) is 12.1. The first-order valence-corrected chi connectivity index (χ1v) is 6.94. The van der Waals surface area contributed by atoms with E-state index in [4.69, 9.17) is 22.1 Å². The van der Waals surface area contributed by atoms with E-state index in [2.05, 4.69) is 0 Å². The lowest BCUT2D eigenvalue weighted by atomic mass is 10.1. The highest BCUT2D eigenvalue weighted by atomic mass is 35.5. The van der Waals surface area contributed by atoms with Crippen LogP contribution in [0.2, 0.25) is 5.02 Å². The van der Waals surface area contributed by atoms with Gasteiger partial charge in [0.05, 0.1) is 10.6 Å². The Morgan fingerprint density at radius 3 is 2.48 bits per heavy atom. The van der Waals surface area contributed by atoms with Gasteiger partial charge in [0.2, 0.25) is 0 Å². The number of carbonyl (C=O) groups excluding carboxylic acids is 1. The lowest BCUT2D eigenvalue weighted by Gasteiger charge is -2.12. The molecular weight excluding hydrogens is 331 g/mol. The summed E-state index contributed by atoms with van der Waals surface area (Å²) in [5.74, 6) is -0.0300. The second-order valence-corrected chi connectivity index (χ2v) is 5.36. The standard InChI is InChI=1S/C16H13ClF3NO2/c1-9(22)11-4-10(5-13(21)6-11)8-23-15-3-2-12(7-14(15)17)16(18,19)20/h2-7H,8,21H2,1H3. The maximum atomic E-state index is 12.6. The number of benzene rings is 2. The van der Waals surface area contributed by atoms with Crippen molar-refractivity contribution >= 4 is 23.1 Å². The summed E-state index contributed by atoms with van der Waals surface area (Å²) in [5, 5.41) is -0.143. The van der Waals surface area contributed by atoms with Crippen molar-refractivity contribution in [2.75, 3.05) is 5.73 Å². The first-order valence-electron chi connectivity index (χ1n) is 6.57. The molecule has 0 radical (unpaired) electrons. The maximum absolute atomic E-state index is 12.6. The molecule has 2 aromatic rings. The highest BCUT2D eigenvalue weighted by Gasteiger charge is 2.31. The smallest absolute Gasteiger partial charge is 0.416 e. The lowest BCUT2D eigenvalue weighted by molar-refractivity contribution is -0.137. The molecule has 0 aliphatic rings. The minimum absolute atomic E-state index is 0.0242. The van der Waals surface area contributed by atoms with Crippen LogP contribution in [0.15, 0.2) is 36.4 Å². The molecule has 0 fully saturated rings. The van der Waals surface area contributed by atoms with Crippen LogP contribution >= 0.6 is 11.6 Å². The van der Waals surface area contributed by atoms with Crippen molar-refractivity contribution in [3.63, 3.8) is 0 Å². The summed E-state index contributed by atoms with van der Waals surface area (Å²) in [5.41, 5.74) is 6.30. The summed E-state index contributed by atoms with van der Waals surface area (Å²) in [6, 6.07) is 7.61. The molecular formula is C16H13ClF3NO2. The highest BCUT2D eigenvalue weighted by molar-refractivity contribution is 6.32. The van der Waals surface area contributed by atoms with Gasteiger partial charge in [-0.1, -0.05) is 11.6 Å². The topological polar surface area (TPSA) is 52.3 Å². The molecule has 2 N–H and O–H groups in total. The van der Waals surface area contributed by atoms with Gasteiger partial charge in [-0.25, -0.2) is 0 Å². The van der Waals surface area contributed by atoms with Crippen LogP contribution in [0.5, 0.6) is 5.75 Å². The fourth-order valence-corrected chi connectivity index (χ4v) is 2.20. The molecule has 0 saturated heterocycles. The molecule has 0 aromatic heterocycles. The largest absolute Gasteiger partial charge is 0.487 e.